The van der Waals surface area contributed by atoms with Gasteiger partial charge in [-0.15, -0.1) is 0 Å². The molecule has 0 amide bonds. The van der Waals surface area contributed by atoms with Gasteiger partial charge in [0.25, 0.3) is 0 Å². The summed E-state index contributed by atoms with van der Waals surface area (Å²) in [7, 11) is 1.49. The van der Waals surface area contributed by atoms with Crippen LogP contribution in [0.2, 0.25) is 0 Å². The Kier molecular flexibility index (Phi) is 3.18. The summed E-state index contributed by atoms with van der Waals surface area (Å²) in [6.07, 6.45) is 0. The van der Waals surface area contributed by atoms with E-state index in [0.29, 0.717) is 22.4 Å². The van der Waals surface area contributed by atoms with Gasteiger partial charge in [0, 0.05) is 5.56 Å². The van der Waals surface area contributed by atoms with Crippen molar-refractivity contribution < 1.29 is 13.5 Å². The average molecular weight is 225 g/mol. The number of aryl methyl sites for hydroxylation is 1. The zero-order valence-electron chi connectivity index (χ0n) is 9.69. The van der Waals surface area contributed by atoms with Crippen molar-refractivity contribution in [1.82, 2.24) is 0 Å². The van der Waals surface area contributed by atoms with Crippen molar-refractivity contribution in [3.63, 3.8) is 0 Å². The summed E-state index contributed by atoms with van der Waals surface area (Å²) in [5.41, 5.74) is 1.20. The van der Waals surface area contributed by atoms with E-state index in [-0.39, 0.29) is 5.56 Å². The van der Waals surface area contributed by atoms with Gasteiger partial charge in [-0.3, -0.25) is 0 Å². The molecule has 2 nitrogen and oxygen atoms in total. The molecule has 0 saturated carbocycles. The molecular formula is C12H13F2NO. The lowest BCUT2D eigenvalue weighted by Crippen LogP contribution is -2.15. The van der Waals surface area contributed by atoms with Crippen LogP contribution in [0.3, 0.4) is 0 Å². The molecule has 0 aliphatic carbocycles. The van der Waals surface area contributed by atoms with Gasteiger partial charge < -0.3 is 4.74 Å². The number of ether oxygens (including phenoxy) is 1. The Morgan fingerprint density at radius 2 is 1.81 bits per heavy atom. The van der Waals surface area contributed by atoms with Crippen LogP contribution in [-0.4, -0.2) is 7.11 Å². The first kappa shape index (κ1) is 12.4. The lowest BCUT2D eigenvalue weighted by molar-refractivity contribution is 0.0597. The van der Waals surface area contributed by atoms with Gasteiger partial charge in [-0.25, -0.2) is 0 Å². The highest BCUT2D eigenvalue weighted by molar-refractivity contribution is 5.51. The number of methoxy groups -OCH3 is 1. The van der Waals surface area contributed by atoms with Crippen molar-refractivity contribution >= 4 is 0 Å². The molecule has 86 valence electrons. The van der Waals surface area contributed by atoms with Crippen molar-refractivity contribution in [3.05, 3.63) is 28.3 Å². The van der Waals surface area contributed by atoms with Crippen LogP contribution in [0.25, 0.3) is 0 Å². The molecule has 0 atom stereocenters. The molecule has 1 aromatic rings. The van der Waals surface area contributed by atoms with E-state index in [0.717, 1.165) is 6.07 Å². The molecule has 0 heterocycles. The number of nitrogens with zero attached hydrogens (tertiary/aromatic N) is 1. The summed E-state index contributed by atoms with van der Waals surface area (Å²) in [5, 5.41) is 8.48. The third-order valence-corrected chi connectivity index (χ3v) is 2.72. The number of rotatable bonds is 2. The van der Waals surface area contributed by atoms with Gasteiger partial charge in [0.2, 0.25) is 0 Å². The van der Waals surface area contributed by atoms with Gasteiger partial charge >= 0.3 is 5.92 Å². The van der Waals surface area contributed by atoms with Crippen molar-refractivity contribution in [2.24, 2.45) is 0 Å². The molecule has 1 aromatic carbocycles. The van der Waals surface area contributed by atoms with Crippen LogP contribution in [0.1, 0.15) is 22.3 Å². The molecule has 16 heavy (non-hydrogen) atoms. The highest BCUT2D eigenvalue weighted by Gasteiger charge is 2.35. The molecule has 0 bridgehead atoms. The van der Waals surface area contributed by atoms with Crippen molar-refractivity contribution in [2.75, 3.05) is 7.11 Å². The van der Waals surface area contributed by atoms with E-state index in [1.165, 1.54) is 13.2 Å². The van der Waals surface area contributed by atoms with E-state index < -0.39 is 5.92 Å². The van der Waals surface area contributed by atoms with Crippen LogP contribution in [0.15, 0.2) is 6.07 Å². The second kappa shape index (κ2) is 4.09. The van der Waals surface area contributed by atoms with E-state index >= 15 is 0 Å². The SMILES string of the molecule is COc1cc(C)c(C(F)(F)C#N)c(C)c1C. The average Bonchev–Trinajstić information content (AvgIpc) is 2.23. The normalized spacial score (nSPS) is 11.1. The third-order valence-electron chi connectivity index (χ3n) is 2.72. The Morgan fingerprint density at radius 3 is 2.25 bits per heavy atom. The van der Waals surface area contributed by atoms with E-state index in [9.17, 15) is 8.78 Å². The summed E-state index contributed by atoms with van der Waals surface area (Å²) in [4.78, 5) is 0. The number of nitriles is 1. The van der Waals surface area contributed by atoms with Crippen molar-refractivity contribution in [1.29, 1.82) is 5.26 Å². The fourth-order valence-corrected chi connectivity index (χ4v) is 1.80. The first-order chi connectivity index (χ1) is 7.35. The van der Waals surface area contributed by atoms with Crippen LogP contribution < -0.4 is 4.74 Å². The van der Waals surface area contributed by atoms with Crippen LogP contribution in [0, 0.1) is 32.1 Å². The monoisotopic (exact) mass is 225 g/mol. The molecule has 0 aliphatic heterocycles. The zero-order chi connectivity index (χ0) is 12.5. The largest absolute Gasteiger partial charge is 0.496 e. The summed E-state index contributed by atoms with van der Waals surface area (Å²) >= 11 is 0. The van der Waals surface area contributed by atoms with E-state index in [1.54, 1.807) is 20.8 Å². The van der Waals surface area contributed by atoms with Gasteiger partial charge in [-0.05, 0) is 43.5 Å². The quantitative estimate of drug-likeness (QED) is 0.774. The number of benzene rings is 1. The fraction of sp³-hybridized carbons (Fsp3) is 0.417. The topological polar surface area (TPSA) is 33.0 Å². The van der Waals surface area contributed by atoms with Gasteiger partial charge in [0.1, 0.15) is 11.8 Å². The molecular weight excluding hydrogens is 212 g/mol. The Labute approximate surface area is 93.5 Å². The number of alkyl halides is 2. The van der Waals surface area contributed by atoms with Gasteiger partial charge in [0.05, 0.1) is 7.11 Å². The lowest BCUT2D eigenvalue weighted by atomic mass is 9.93. The van der Waals surface area contributed by atoms with Crippen molar-refractivity contribution in [3.8, 4) is 11.8 Å². The summed E-state index contributed by atoms with van der Waals surface area (Å²) in [5.74, 6) is -2.89. The highest BCUT2D eigenvalue weighted by Crippen LogP contribution is 2.37. The predicted octanol–water partition coefficient (Wildman–Crippen LogP) is 3.24. The number of halogens is 2. The molecule has 0 spiro atoms. The Morgan fingerprint density at radius 1 is 1.25 bits per heavy atom. The number of hydrogen-bond acceptors (Lipinski definition) is 2. The van der Waals surface area contributed by atoms with Crippen LogP contribution >= 0.6 is 0 Å². The standard InChI is InChI=1S/C12H13F2NO/c1-7-5-10(16-4)8(2)9(3)11(7)12(13,14)6-15/h5H,1-4H3. The fourth-order valence-electron chi connectivity index (χ4n) is 1.80. The molecule has 0 fully saturated rings. The van der Waals surface area contributed by atoms with E-state index in [1.807, 2.05) is 0 Å². The van der Waals surface area contributed by atoms with E-state index in [4.69, 9.17) is 10.00 Å². The molecule has 0 aromatic heterocycles. The summed E-state index contributed by atoms with van der Waals surface area (Å²) < 4.78 is 31.9. The Hall–Kier alpha value is -1.63. The predicted molar refractivity (Wildman–Crippen MR) is 56.7 cm³/mol. The molecule has 4 heteroatoms. The second-order valence-corrected chi connectivity index (χ2v) is 3.71. The summed E-state index contributed by atoms with van der Waals surface area (Å²) in [6.45, 7) is 4.82. The Balaban J connectivity index is 3.56. The zero-order valence-corrected chi connectivity index (χ0v) is 9.69. The van der Waals surface area contributed by atoms with E-state index in [2.05, 4.69) is 0 Å². The maximum atomic E-state index is 13.4. The first-order valence-corrected chi connectivity index (χ1v) is 4.79. The highest BCUT2D eigenvalue weighted by atomic mass is 19.3. The molecule has 0 aliphatic rings. The minimum Gasteiger partial charge on any atom is -0.496 e. The van der Waals surface area contributed by atoms with Gasteiger partial charge in [-0.1, -0.05) is 0 Å². The minimum absolute atomic E-state index is 0.215. The third kappa shape index (κ3) is 1.85. The molecule has 0 unspecified atom stereocenters. The lowest BCUT2D eigenvalue weighted by Gasteiger charge is -2.18. The maximum Gasteiger partial charge on any atom is 0.357 e. The first-order valence-electron chi connectivity index (χ1n) is 4.79. The maximum absolute atomic E-state index is 13.4. The molecule has 0 radical (unpaired) electrons. The van der Waals surface area contributed by atoms with Crippen molar-refractivity contribution in [2.45, 2.75) is 26.7 Å². The molecule has 0 saturated heterocycles. The smallest absolute Gasteiger partial charge is 0.357 e. The summed E-state index contributed by atoms with van der Waals surface area (Å²) in [6, 6.07) is 2.56. The van der Waals surface area contributed by atoms with Crippen LogP contribution in [0.5, 0.6) is 5.75 Å². The Bertz CT molecular complexity index is 461. The minimum atomic E-state index is -3.45. The van der Waals surface area contributed by atoms with Crippen LogP contribution in [0.4, 0.5) is 8.78 Å². The molecule has 0 N–H and O–H groups in total. The molecule has 1 rings (SSSR count). The second-order valence-electron chi connectivity index (χ2n) is 3.71. The van der Waals surface area contributed by atoms with Crippen LogP contribution in [-0.2, 0) is 5.92 Å². The number of hydrogen-bond donors (Lipinski definition) is 0. The van der Waals surface area contributed by atoms with Gasteiger partial charge in [0.15, 0.2) is 0 Å². The van der Waals surface area contributed by atoms with Gasteiger partial charge in [-0.2, -0.15) is 14.0 Å².